The molecule has 9 nitrogen and oxygen atoms in total. The van der Waals surface area contributed by atoms with Crippen molar-refractivity contribution >= 4 is 40.0 Å². The van der Waals surface area contributed by atoms with E-state index in [2.05, 4.69) is 25.5 Å². The van der Waals surface area contributed by atoms with Crippen LogP contribution in [0.1, 0.15) is 15.4 Å². The van der Waals surface area contributed by atoms with Crippen LogP contribution in [-0.4, -0.2) is 61.3 Å². The van der Waals surface area contributed by atoms with Gasteiger partial charge in [0.25, 0.3) is 5.91 Å². The number of nitrogens with one attached hydrogen (secondary N) is 1. The van der Waals surface area contributed by atoms with Crippen LogP contribution in [0.4, 0.5) is 5.13 Å². The molecule has 3 aromatic heterocycles. The molecule has 3 heterocycles. The van der Waals surface area contributed by atoms with Crippen molar-refractivity contribution in [2.45, 2.75) is 12.1 Å². The summed E-state index contributed by atoms with van der Waals surface area (Å²) < 4.78 is 1.82. The Kier molecular flexibility index (Phi) is 6.05. The normalized spacial score (nSPS) is 10.7. The van der Waals surface area contributed by atoms with Crippen LogP contribution in [-0.2, 0) is 11.8 Å². The summed E-state index contributed by atoms with van der Waals surface area (Å²) in [5.41, 5.74) is 1.45. The Bertz CT molecular complexity index is 998. The quantitative estimate of drug-likeness (QED) is 0.612. The van der Waals surface area contributed by atoms with Crippen molar-refractivity contribution in [1.82, 2.24) is 29.6 Å². The van der Waals surface area contributed by atoms with Crippen LogP contribution in [0.2, 0.25) is 0 Å². The SMILES string of the molecule is Cc1nc(NC(=O)CSc2nnc(-c3cccnc3)n2C)sc1C(=O)N(C)C. The molecule has 2 amide bonds. The minimum absolute atomic E-state index is 0.133. The minimum Gasteiger partial charge on any atom is -0.344 e. The lowest BCUT2D eigenvalue weighted by atomic mass is 10.3. The Morgan fingerprint density at radius 2 is 2.11 bits per heavy atom. The number of carbonyl (C=O) groups excluding carboxylic acids is 2. The second-order valence-corrected chi connectivity index (χ2v) is 8.02. The molecule has 3 aromatic rings. The van der Waals surface area contributed by atoms with Gasteiger partial charge in [-0.05, 0) is 19.1 Å². The van der Waals surface area contributed by atoms with Crippen LogP contribution < -0.4 is 5.32 Å². The summed E-state index contributed by atoms with van der Waals surface area (Å²) in [5.74, 6) is 0.466. The summed E-state index contributed by atoms with van der Waals surface area (Å²) in [6, 6.07) is 3.73. The molecule has 0 aromatic carbocycles. The van der Waals surface area contributed by atoms with Crippen LogP contribution in [0, 0.1) is 6.92 Å². The van der Waals surface area contributed by atoms with E-state index >= 15 is 0 Å². The molecule has 146 valence electrons. The van der Waals surface area contributed by atoms with Crippen molar-refractivity contribution in [3.8, 4) is 11.4 Å². The van der Waals surface area contributed by atoms with Gasteiger partial charge in [-0.2, -0.15) is 0 Å². The number of pyridine rings is 1. The molecule has 1 N–H and O–H groups in total. The van der Waals surface area contributed by atoms with E-state index in [9.17, 15) is 9.59 Å². The molecule has 0 saturated carbocycles. The molecule has 0 bridgehead atoms. The minimum atomic E-state index is -0.228. The molecule has 3 rings (SSSR count). The Morgan fingerprint density at radius 1 is 1.32 bits per heavy atom. The zero-order valence-corrected chi connectivity index (χ0v) is 17.5. The van der Waals surface area contributed by atoms with Gasteiger partial charge >= 0.3 is 0 Å². The second kappa shape index (κ2) is 8.48. The van der Waals surface area contributed by atoms with Crippen LogP contribution in [0.3, 0.4) is 0 Å². The molecule has 0 spiro atoms. The van der Waals surface area contributed by atoms with Gasteiger partial charge in [0.15, 0.2) is 16.1 Å². The smallest absolute Gasteiger partial charge is 0.265 e. The van der Waals surface area contributed by atoms with Gasteiger partial charge in [0, 0.05) is 39.1 Å². The number of hydrogen-bond donors (Lipinski definition) is 1. The highest BCUT2D eigenvalue weighted by molar-refractivity contribution is 7.99. The summed E-state index contributed by atoms with van der Waals surface area (Å²) in [6.07, 6.45) is 3.40. The lowest BCUT2D eigenvalue weighted by Crippen LogP contribution is -2.21. The van der Waals surface area contributed by atoms with E-state index < -0.39 is 0 Å². The number of thiazole rings is 1. The van der Waals surface area contributed by atoms with Gasteiger partial charge in [0.1, 0.15) is 4.88 Å². The van der Waals surface area contributed by atoms with E-state index in [1.54, 1.807) is 33.4 Å². The fourth-order valence-electron chi connectivity index (χ4n) is 2.32. The lowest BCUT2D eigenvalue weighted by Gasteiger charge is -2.07. The first-order chi connectivity index (χ1) is 13.4. The number of aryl methyl sites for hydroxylation is 1. The Morgan fingerprint density at radius 3 is 2.79 bits per heavy atom. The van der Waals surface area contributed by atoms with Gasteiger partial charge in [-0.1, -0.05) is 23.1 Å². The van der Waals surface area contributed by atoms with Crippen molar-refractivity contribution in [1.29, 1.82) is 0 Å². The number of hydrogen-bond acceptors (Lipinski definition) is 8. The molecule has 0 aliphatic heterocycles. The molecule has 0 unspecified atom stereocenters. The highest BCUT2D eigenvalue weighted by Gasteiger charge is 2.18. The summed E-state index contributed by atoms with van der Waals surface area (Å²) >= 11 is 2.44. The molecule has 0 aliphatic rings. The van der Waals surface area contributed by atoms with Crippen LogP contribution in [0.5, 0.6) is 0 Å². The molecular weight excluding hydrogens is 398 g/mol. The predicted molar refractivity (Wildman–Crippen MR) is 108 cm³/mol. The molecule has 0 fully saturated rings. The number of thioether (sulfide) groups is 1. The van der Waals surface area contributed by atoms with Crippen molar-refractivity contribution < 1.29 is 9.59 Å². The van der Waals surface area contributed by atoms with Crippen LogP contribution in [0.15, 0.2) is 29.7 Å². The monoisotopic (exact) mass is 417 g/mol. The number of carbonyl (C=O) groups is 2. The average molecular weight is 418 g/mol. The highest BCUT2D eigenvalue weighted by atomic mass is 32.2. The van der Waals surface area contributed by atoms with Gasteiger partial charge < -0.3 is 14.8 Å². The number of rotatable bonds is 6. The number of aromatic nitrogens is 5. The van der Waals surface area contributed by atoms with E-state index in [4.69, 9.17) is 0 Å². The third-order valence-corrected chi connectivity index (χ3v) is 5.81. The molecule has 0 radical (unpaired) electrons. The zero-order valence-electron chi connectivity index (χ0n) is 15.8. The highest BCUT2D eigenvalue weighted by Crippen LogP contribution is 2.25. The van der Waals surface area contributed by atoms with Crippen LogP contribution in [0.25, 0.3) is 11.4 Å². The van der Waals surface area contributed by atoms with Gasteiger partial charge in [0.05, 0.1) is 11.4 Å². The predicted octanol–water partition coefficient (Wildman–Crippen LogP) is 2.07. The van der Waals surface area contributed by atoms with E-state index in [1.165, 1.54) is 28.0 Å². The van der Waals surface area contributed by atoms with Crippen molar-refractivity contribution in [3.05, 3.63) is 35.1 Å². The van der Waals surface area contributed by atoms with E-state index in [0.29, 0.717) is 26.7 Å². The first kappa shape index (κ1) is 20.0. The van der Waals surface area contributed by atoms with E-state index in [1.807, 2.05) is 23.7 Å². The molecular formula is C17H19N7O2S2. The largest absolute Gasteiger partial charge is 0.344 e. The maximum absolute atomic E-state index is 12.3. The summed E-state index contributed by atoms with van der Waals surface area (Å²) in [5, 5.41) is 12.1. The van der Waals surface area contributed by atoms with E-state index in [0.717, 1.165) is 5.56 Å². The first-order valence-corrected chi connectivity index (χ1v) is 10.1. The summed E-state index contributed by atoms with van der Waals surface area (Å²) in [4.78, 5) is 34.7. The fraction of sp³-hybridized carbons (Fsp3) is 0.294. The third kappa shape index (κ3) is 4.37. The van der Waals surface area contributed by atoms with Gasteiger partial charge in [0.2, 0.25) is 5.91 Å². The molecule has 11 heteroatoms. The standard InChI is InChI=1S/C17H19N7O2S2/c1-10-13(15(26)23(2)3)28-16(19-10)20-12(25)9-27-17-22-21-14(24(17)4)11-6-5-7-18-8-11/h5-8H,9H2,1-4H3,(H,19,20,25). The average Bonchev–Trinajstić information content (AvgIpc) is 3.22. The van der Waals surface area contributed by atoms with E-state index in [-0.39, 0.29) is 17.6 Å². The van der Waals surface area contributed by atoms with Gasteiger partial charge in [-0.3, -0.25) is 14.6 Å². The van der Waals surface area contributed by atoms with Crippen LogP contribution >= 0.6 is 23.1 Å². The van der Waals surface area contributed by atoms with Gasteiger partial charge in [-0.25, -0.2) is 4.98 Å². The maximum Gasteiger partial charge on any atom is 0.265 e. The fourth-order valence-corrected chi connectivity index (χ4v) is 4.04. The van der Waals surface area contributed by atoms with Crippen molar-refractivity contribution in [2.24, 2.45) is 7.05 Å². The third-order valence-electron chi connectivity index (χ3n) is 3.73. The molecule has 0 saturated heterocycles. The number of anilines is 1. The van der Waals surface area contributed by atoms with Gasteiger partial charge in [-0.15, -0.1) is 10.2 Å². The molecule has 28 heavy (non-hydrogen) atoms. The number of amides is 2. The maximum atomic E-state index is 12.3. The topological polar surface area (TPSA) is 106 Å². The number of nitrogens with zero attached hydrogens (tertiary/aromatic N) is 6. The first-order valence-electron chi connectivity index (χ1n) is 8.28. The Labute approximate surface area is 170 Å². The summed E-state index contributed by atoms with van der Waals surface area (Å²) in [7, 11) is 5.19. The van der Waals surface area contributed by atoms with Crippen molar-refractivity contribution in [2.75, 3.05) is 25.2 Å². The molecule has 0 atom stereocenters. The lowest BCUT2D eigenvalue weighted by molar-refractivity contribution is -0.113. The Hall–Kier alpha value is -2.79. The second-order valence-electron chi connectivity index (χ2n) is 6.08. The summed E-state index contributed by atoms with van der Waals surface area (Å²) in [6.45, 7) is 1.75. The Balaban J connectivity index is 1.62. The van der Waals surface area contributed by atoms with Crippen molar-refractivity contribution in [3.63, 3.8) is 0 Å². The molecule has 0 aliphatic carbocycles. The zero-order chi connectivity index (χ0) is 20.3.